The van der Waals surface area contributed by atoms with Gasteiger partial charge in [0.25, 0.3) is 0 Å². The van der Waals surface area contributed by atoms with Gasteiger partial charge in [-0.15, -0.1) is 0 Å². The summed E-state index contributed by atoms with van der Waals surface area (Å²) in [6.45, 7) is -1.32. The Balaban J connectivity index is 2.03. The van der Waals surface area contributed by atoms with Gasteiger partial charge in [-0.25, -0.2) is 0 Å². The number of hydrogen-bond acceptors (Lipinski definition) is 2. The zero-order valence-corrected chi connectivity index (χ0v) is 13.0. The number of benzene rings is 1. The topological polar surface area (TPSA) is 29.5 Å². The summed E-state index contributed by atoms with van der Waals surface area (Å²) in [5, 5.41) is 0. The van der Waals surface area contributed by atoms with Crippen LogP contribution in [0.15, 0.2) is 18.2 Å². The fourth-order valence-corrected chi connectivity index (χ4v) is 2.72. The fraction of sp³-hybridized carbons (Fsp3) is 0.500. The van der Waals surface area contributed by atoms with Crippen LogP contribution in [0.4, 0.5) is 18.9 Å². The van der Waals surface area contributed by atoms with Crippen LogP contribution in [-0.2, 0) is 16.0 Å². The minimum Gasteiger partial charge on any atom is -0.371 e. The number of nitrogens with zero attached hydrogens (tertiary/aromatic N) is 1. The van der Waals surface area contributed by atoms with Crippen molar-refractivity contribution in [2.75, 3.05) is 25.2 Å². The van der Waals surface area contributed by atoms with E-state index in [4.69, 9.17) is 0 Å². The number of halogens is 4. The number of amides is 1. The van der Waals surface area contributed by atoms with Gasteiger partial charge in [-0.2, -0.15) is 13.2 Å². The van der Waals surface area contributed by atoms with Crippen molar-refractivity contribution in [3.63, 3.8) is 0 Å². The third-order valence-electron chi connectivity index (χ3n) is 3.34. The van der Waals surface area contributed by atoms with E-state index in [9.17, 15) is 18.0 Å². The first-order chi connectivity index (χ1) is 9.78. The molecule has 0 saturated carbocycles. The number of carbonyl (C=O) groups is 1. The van der Waals surface area contributed by atoms with Gasteiger partial charge in [-0.1, -0.05) is 28.1 Å². The number of carbonyl (C=O) groups excluding carboxylic acids is 1. The molecule has 116 valence electrons. The molecule has 3 nitrogen and oxygen atoms in total. The zero-order valence-electron chi connectivity index (χ0n) is 11.4. The van der Waals surface area contributed by atoms with Gasteiger partial charge >= 0.3 is 6.18 Å². The first-order valence-electron chi connectivity index (χ1n) is 6.46. The second-order valence-electron chi connectivity index (χ2n) is 4.94. The minimum absolute atomic E-state index is 0.0624. The zero-order chi connectivity index (χ0) is 15.6. The molecule has 1 aromatic rings. The van der Waals surface area contributed by atoms with Crippen molar-refractivity contribution in [1.82, 2.24) is 0 Å². The van der Waals surface area contributed by atoms with E-state index in [1.165, 1.54) is 0 Å². The Morgan fingerprint density at radius 2 is 2.10 bits per heavy atom. The Morgan fingerprint density at radius 3 is 2.76 bits per heavy atom. The molecule has 0 bridgehead atoms. The summed E-state index contributed by atoms with van der Waals surface area (Å²) in [4.78, 5) is 12.9. The summed E-state index contributed by atoms with van der Waals surface area (Å²) in [7, 11) is 1.72. The maximum atomic E-state index is 12.0. The maximum absolute atomic E-state index is 12.0. The van der Waals surface area contributed by atoms with Gasteiger partial charge in [0.05, 0.1) is 11.4 Å². The maximum Gasteiger partial charge on any atom is 0.411 e. The first kappa shape index (κ1) is 16.3. The van der Waals surface area contributed by atoms with Crippen LogP contribution in [0.2, 0.25) is 0 Å². The van der Waals surface area contributed by atoms with Crippen LogP contribution in [0.1, 0.15) is 22.4 Å². The summed E-state index contributed by atoms with van der Waals surface area (Å²) in [5.41, 5.74) is 2.72. The summed E-state index contributed by atoms with van der Waals surface area (Å²) in [6.07, 6.45) is -3.22. The molecule has 0 spiro atoms. The number of fused-ring (bicyclic) bond motifs is 1. The van der Waals surface area contributed by atoms with Gasteiger partial charge in [-0.05, 0) is 23.6 Å². The molecule has 1 unspecified atom stereocenters. The summed E-state index contributed by atoms with van der Waals surface area (Å²) >= 11 is 3.34. The van der Waals surface area contributed by atoms with Gasteiger partial charge in [0, 0.05) is 19.2 Å². The average molecular weight is 366 g/mol. The van der Waals surface area contributed by atoms with Crippen molar-refractivity contribution < 1.29 is 22.7 Å². The third kappa shape index (κ3) is 4.20. The highest BCUT2D eigenvalue weighted by molar-refractivity contribution is 9.09. The van der Waals surface area contributed by atoms with Gasteiger partial charge < -0.3 is 9.64 Å². The van der Waals surface area contributed by atoms with E-state index in [1.807, 2.05) is 12.1 Å². The summed E-state index contributed by atoms with van der Waals surface area (Å²) < 4.78 is 40.8. The second-order valence-corrected chi connectivity index (χ2v) is 6.04. The molecule has 1 aromatic carbocycles. The first-order valence-corrected chi connectivity index (χ1v) is 7.37. The monoisotopic (exact) mass is 365 g/mol. The van der Waals surface area contributed by atoms with Crippen molar-refractivity contribution >= 4 is 27.5 Å². The summed E-state index contributed by atoms with van der Waals surface area (Å²) in [5.74, 6) is 0.0687. The number of ether oxygens (including phenoxy) is 1. The molecule has 1 aliphatic rings. The summed E-state index contributed by atoms with van der Waals surface area (Å²) in [6, 6.07) is 5.53. The van der Waals surface area contributed by atoms with Crippen molar-refractivity contribution in [2.24, 2.45) is 0 Å². The van der Waals surface area contributed by atoms with E-state index < -0.39 is 12.8 Å². The van der Waals surface area contributed by atoms with Crippen LogP contribution in [0.25, 0.3) is 0 Å². The molecule has 7 heteroatoms. The average Bonchev–Trinajstić information content (AvgIpc) is 2.41. The van der Waals surface area contributed by atoms with Gasteiger partial charge in [-0.3, -0.25) is 4.79 Å². The Labute approximate surface area is 129 Å². The van der Waals surface area contributed by atoms with Crippen molar-refractivity contribution in [1.29, 1.82) is 0 Å². The third-order valence-corrected chi connectivity index (χ3v) is 4.13. The molecule has 1 amide bonds. The van der Waals surface area contributed by atoms with E-state index in [1.54, 1.807) is 18.0 Å². The Bertz CT molecular complexity index is 533. The predicted octanol–water partition coefficient (Wildman–Crippen LogP) is 3.61. The van der Waals surface area contributed by atoms with Gasteiger partial charge in [0.2, 0.25) is 5.91 Å². The normalized spacial score (nSPS) is 16.8. The van der Waals surface area contributed by atoms with E-state index in [2.05, 4.69) is 20.7 Å². The van der Waals surface area contributed by atoms with Crippen LogP contribution in [-0.4, -0.2) is 32.3 Å². The Morgan fingerprint density at radius 1 is 1.38 bits per heavy atom. The van der Waals surface area contributed by atoms with Crippen molar-refractivity contribution in [3.8, 4) is 0 Å². The number of anilines is 1. The van der Waals surface area contributed by atoms with Gasteiger partial charge in [0.15, 0.2) is 0 Å². The Kier molecular flexibility index (Phi) is 4.93. The van der Waals surface area contributed by atoms with E-state index in [0.29, 0.717) is 12.8 Å². The molecule has 0 saturated heterocycles. The standard InChI is InChI=1S/C14H15BrF3NO2/c1-19-12-4-2-9(6-10(12)3-5-13(19)20)11(15)7-21-8-14(16,17)18/h2,4,6,11H,3,5,7-8H2,1H3. The molecule has 0 fully saturated rings. The molecule has 0 aliphatic carbocycles. The SMILES string of the molecule is CN1C(=O)CCc2cc(C(Br)COCC(F)(F)F)ccc21. The Hall–Kier alpha value is -1.08. The number of alkyl halides is 4. The van der Waals surface area contributed by atoms with Crippen LogP contribution >= 0.6 is 15.9 Å². The largest absolute Gasteiger partial charge is 0.411 e. The molecule has 1 atom stereocenters. The number of rotatable bonds is 4. The van der Waals surface area contributed by atoms with Crippen molar-refractivity contribution in [3.05, 3.63) is 29.3 Å². The lowest BCUT2D eigenvalue weighted by molar-refractivity contribution is -0.173. The fourth-order valence-electron chi connectivity index (χ4n) is 2.25. The second kappa shape index (κ2) is 6.36. The quantitative estimate of drug-likeness (QED) is 0.762. The molecule has 2 rings (SSSR count). The molecule has 1 heterocycles. The van der Waals surface area contributed by atoms with Gasteiger partial charge in [0.1, 0.15) is 6.61 Å². The van der Waals surface area contributed by atoms with Crippen LogP contribution < -0.4 is 4.90 Å². The highest BCUT2D eigenvalue weighted by atomic mass is 79.9. The molecule has 1 aliphatic heterocycles. The lowest BCUT2D eigenvalue weighted by Gasteiger charge is -2.26. The smallest absolute Gasteiger partial charge is 0.371 e. The lowest BCUT2D eigenvalue weighted by Crippen LogP contribution is -2.31. The van der Waals surface area contributed by atoms with E-state index in [-0.39, 0.29) is 17.3 Å². The van der Waals surface area contributed by atoms with Crippen LogP contribution in [0.3, 0.4) is 0 Å². The molecule has 0 radical (unpaired) electrons. The van der Waals surface area contributed by atoms with E-state index in [0.717, 1.165) is 16.8 Å². The highest BCUT2D eigenvalue weighted by Crippen LogP contribution is 2.32. The molecular weight excluding hydrogens is 351 g/mol. The predicted molar refractivity (Wildman–Crippen MR) is 76.7 cm³/mol. The highest BCUT2D eigenvalue weighted by Gasteiger charge is 2.28. The molecule has 0 N–H and O–H groups in total. The number of aryl methyl sites for hydroxylation is 1. The molecule has 0 aromatic heterocycles. The minimum atomic E-state index is -4.31. The molecule has 21 heavy (non-hydrogen) atoms. The van der Waals surface area contributed by atoms with Crippen LogP contribution in [0, 0.1) is 0 Å². The van der Waals surface area contributed by atoms with Crippen molar-refractivity contribution in [2.45, 2.75) is 23.8 Å². The lowest BCUT2D eigenvalue weighted by atomic mass is 9.98. The molecular formula is C14H15BrF3NO2. The number of hydrogen-bond donors (Lipinski definition) is 0. The van der Waals surface area contributed by atoms with E-state index >= 15 is 0 Å². The van der Waals surface area contributed by atoms with Crippen LogP contribution in [0.5, 0.6) is 0 Å².